The summed E-state index contributed by atoms with van der Waals surface area (Å²) in [5.41, 5.74) is 2.56. The van der Waals surface area contributed by atoms with Gasteiger partial charge in [0, 0.05) is 7.11 Å². The van der Waals surface area contributed by atoms with Crippen LogP contribution in [0.2, 0.25) is 0 Å². The minimum atomic E-state index is -1.22. The lowest BCUT2D eigenvalue weighted by Gasteiger charge is -2.11. The summed E-state index contributed by atoms with van der Waals surface area (Å²) in [7, 11) is 3.22. The van der Waals surface area contributed by atoms with Gasteiger partial charge in [0.1, 0.15) is 23.9 Å². The zero-order chi connectivity index (χ0) is 24.6. The summed E-state index contributed by atoms with van der Waals surface area (Å²) in [6.45, 7) is 1.27. The predicted octanol–water partition coefficient (Wildman–Crippen LogP) is 4.52. The van der Waals surface area contributed by atoms with Gasteiger partial charge in [0.15, 0.2) is 0 Å². The van der Waals surface area contributed by atoms with E-state index in [1.807, 2.05) is 60.7 Å². The predicted molar refractivity (Wildman–Crippen MR) is 128 cm³/mol. The largest absolute Gasteiger partial charge is 0.497 e. The molecule has 0 radical (unpaired) electrons. The molecule has 4 aromatic rings. The summed E-state index contributed by atoms with van der Waals surface area (Å²) in [5.74, 6) is 0.765. The molecule has 1 aromatic heterocycles. The van der Waals surface area contributed by atoms with Crippen LogP contribution >= 0.6 is 0 Å². The van der Waals surface area contributed by atoms with Gasteiger partial charge in [0.05, 0.1) is 20.3 Å². The summed E-state index contributed by atoms with van der Waals surface area (Å²) in [5, 5.41) is 17.3. The fourth-order valence-electron chi connectivity index (χ4n) is 3.38. The number of carboxylic acids is 1. The minimum Gasteiger partial charge on any atom is -0.497 e. The molecular weight excluding hydrogens is 450 g/mol. The first kappa shape index (κ1) is 23.8. The zero-order valence-electron chi connectivity index (χ0n) is 19.4. The average molecular weight is 476 g/mol. The highest BCUT2D eigenvalue weighted by Gasteiger charge is 2.22. The summed E-state index contributed by atoms with van der Waals surface area (Å²) in [6, 6.07) is 22.4. The van der Waals surface area contributed by atoms with Gasteiger partial charge in [0.25, 0.3) is 5.88 Å². The number of nitrogens with zero attached hydrogens (tertiary/aromatic N) is 3. The smallest absolute Gasteiger partial charge is 0.362 e. The fourth-order valence-corrected chi connectivity index (χ4v) is 3.38. The van der Waals surface area contributed by atoms with E-state index in [0.717, 1.165) is 28.2 Å². The molecule has 0 amide bonds. The van der Waals surface area contributed by atoms with Gasteiger partial charge in [-0.2, -0.15) is 0 Å². The van der Waals surface area contributed by atoms with Crippen molar-refractivity contribution in [3.8, 4) is 34.3 Å². The van der Waals surface area contributed by atoms with Gasteiger partial charge in [-0.3, -0.25) is 0 Å². The first-order valence-electron chi connectivity index (χ1n) is 10.9. The molecule has 0 saturated heterocycles. The van der Waals surface area contributed by atoms with Crippen molar-refractivity contribution in [3.05, 3.63) is 84.1 Å². The Labute approximate surface area is 202 Å². The van der Waals surface area contributed by atoms with E-state index in [0.29, 0.717) is 19.0 Å². The number of hydrogen-bond donors (Lipinski definition) is 1. The van der Waals surface area contributed by atoms with Gasteiger partial charge in [-0.25, -0.2) is 9.48 Å². The zero-order valence-corrected chi connectivity index (χ0v) is 19.4. The molecule has 0 aliphatic rings. The molecule has 0 saturated carbocycles. The van der Waals surface area contributed by atoms with Crippen molar-refractivity contribution >= 4 is 5.97 Å². The molecule has 0 fully saturated rings. The van der Waals surface area contributed by atoms with Gasteiger partial charge >= 0.3 is 5.97 Å². The lowest BCUT2D eigenvalue weighted by molar-refractivity contribution is 0.0687. The average Bonchev–Trinajstić information content (AvgIpc) is 3.27. The van der Waals surface area contributed by atoms with Crippen molar-refractivity contribution in [2.24, 2.45) is 0 Å². The third kappa shape index (κ3) is 5.96. The number of benzene rings is 3. The Kier molecular flexibility index (Phi) is 7.59. The second-order valence-corrected chi connectivity index (χ2v) is 7.55. The Morgan fingerprint density at radius 2 is 1.63 bits per heavy atom. The van der Waals surface area contributed by atoms with Crippen molar-refractivity contribution < 1.29 is 28.8 Å². The number of rotatable bonds is 11. The fraction of sp³-hybridized carbons (Fsp3) is 0.192. The second kappa shape index (κ2) is 11.2. The number of aromatic carboxylic acids is 1. The van der Waals surface area contributed by atoms with Gasteiger partial charge < -0.3 is 24.1 Å². The van der Waals surface area contributed by atoms with E-state index < -0.39 is 5.97 Å². The normalized spacial score (nSPS) is 10.7. The summed E-state index contributed by atoms with van der Waals surface area (Å²) in [4.78, 5) is 11.7. The molecule has 0 unspecified atom stereocenters. The van der Waals surface area contributed by atoms with E-state index in [9.17, 15) is 9.90 Å². The lowest BCUT2D eigenvalue weighted by Crippen LogP contribution is -2.06. The van der Waals surface area contributed by atoms with Crippen LogP contribution in [0.1, 0.15) is 16.1 Å². The Bertz CT molecular complexity index is 1270. The third-order valence-electron chi connectivity index (χ3n) is 5.18. The van der Waals surface area contributed by atoms with E-state index >= 15 is 0 Å². The van der Waals surface area contributed by atoms with Crippen LogP contribution in [0, 0.1) is 0 Å². The van der Waals surface area contributed by atoms with E-state index in [4.69, 9.17) is 18.9 Å². The first-order valence-corrected chi connectivity index (χ1v) is 10.9. The van der Waals surface area contributed by atoms with Crippen LogP contribution in [0.25, 0.3) is 11.1 Å². The van der Waals surface area contributed by atoms with Gasteiger partial charge in [-0.1, -0.05) is 41.6 Å². The molecule has 3 aromatic carbocycles. The number of carboxylic acid groups (broad SMARTS) is 1. The van der Waals surface area contributed by atoms with Crippen LogP contribution in [-0.4, -0.2) is 53.5 Å². The van der Waals surface area contributed by atoms with Crippen molar-refractivity contribution in [3.63, 3.8) is 0 Å². The van der Waals surface area contributed by atoms with Crippen molar-refractivity contribution in [2.75, 3.05) is 27.4 Å². The standard InChI is InChI=1S/C26H25N3O6/c1-32-14-15-34-23-5-3-4-20(16-23)19-8-12-22(13-9-19)35-25-24(26(30)31)27-28-29(25)17-18-6-10-21(33-2)11-7-18/h3-13,16H,14-15,17H2,1-2H3,(H,30,31). The topological polar surface area (TPSA) is 105 Å². The highest BCUT2D eigenvalue weighted by atomic mass is 16.5. The van der Waals surface area contributed by atoms with Gasteiger partial charge in [-0.15, -0.1) is 5.10 Å². The Morgan fingerprint density at radius 3 is 2.31 bits per heavy atom. The number of hydrogen-bond acceptors (Lipinski definition) is 7. The molecule has 1 N–H and O–H groups in total. The summed E-state index contributed by atoms with van der Waals surface area (Å²) in [6.07, 6.45) is 0. The van der Waals surface area contributed by atoms with Crippen LogP contribution < -0.4 is 14.2 Å². The Balaban J connectivity index is 1.52. The molecule has 35 heavy (non-hydrogen) atoms. The molecule has 9 heteroatoms. The number of methoxy groups -OCH3 is 2. The molecule has 0 spiro atoms. The van der Waals surface area contributed by atoms with Gasteiger partial charge in [-0.05, 0) is 53.1 Å². The van der Waals surface area contributed by atoms with E-state index in [1.54, 1.807) is 26.4 Å². The van der Waals surface area contributed by atoms with E-state index in [1.165, 1.54) is 4.68 Å². The molecule has 9 nitrogen and oxygen atoms in total. The van der Waals surface area contributed by atoms with Crippen LogP contribution in [0.3, 0.4) is 0 Å². The Hall–Kier alpha value is -4.37. The summed E-state index contributed by atoms with van der Waals surface area (Å²) >= 11 is 0. The minimum absolute atomic E-state index is 0.0506. The quantitative estimate of drug-likeness (QED) is 0.316. The maximum absolute atomic E-state index is 11.7. The highest BCUT2D eigenvalue weighted by molar-refractivity contribution is 5.87. The highest BCUT2D eigenvalue weighted by Crippen LogP contribution is 2.29. The van der Waals surface area contributed by atoms with Crippen molar-refractivity contribution in [1.82, 2.24) is 15.0 Å². The van der Waals surface area contributed by atoms with E-state index in [-0.39, 0.29) is 18.1 Å². The first-order chi connectivity index (χ1) is 17.1. The molecule has 180 valence electrons. The lowest BCUT2D eigenvalue weighted by atomic mass is 10.1. The maximum Gasteiger partial charge on any atom is 0.362 e. The summed E-state index contributed by atoms with van der Waals surface area (Å²) < 4.78 is 23.2. The Morgan fingerprint density at radius 1 is 0.886 bits per heavy atom. The number of carbonyl (C=O) groups is 1. The van der Waals surface area contributed by atoms with Crippen LogP contribution in [0.15, 0.2) is 72.8 Å². The number of ether oxygens (including phenoxy) is 4. The second-order valence-electron chi connectivity index (χ2n) is 7.55. The third-order valence-corrected chi connectivity index (χ3v) is 5.18. The molecular formula is C26H25N3O6. The van der Waals surface area contributed by atoms with Gasteiger partial charge in [0.2, 0.25) is 5.69 Å². The van der Waals surface area contributed by atoms with Crippen LogP contribution in [-0.2, 0) is 11.3 Å². The molecule has 0 atom stereocenters. The molecule has 4 rings (SSSR count). The van der Waals surface area contributed by atoms with Crippen molar-refractivity contribution in [1.29, 1.82) is 0 Å². The van der Waals surface area contributed by atoms with Crippen LogP contribution in [0.4, 0.5) is 0 Å². The molecule has 0 aliphatic carbocycles. The van der Waals surface area contributed by atoms with Crippen LogP contribution in [0.5, 0.6) is 23.1 Å². The van der Waals surface area contributed by atoms with Crippen molar-refractivity contribution in [2.45, 2.75) is 6.54 Å². The molecule has 0 bridgehead atoms. The molecule has 1 heterocycles. The number of aromatic nitrogens is 3. The van der Waals surface area contributed by atoms with E-state index in [2.05, 4.69) is 10.3 Å². The molecule has 0 aliphatic heterocycles. The monoisotopic (exact) mass is 475 g/mol. The maximum atomic E-state index is 11.7. The SMILES string of the molecule is COCCOc1cccc(-c2ccc(Oc3c(C(=O)O)nnn3Cc3ccc(OC)cc3)cc2)c1.